The Kier molecular flexibility index (Phi) is 8.82. The van der Waals surface area contributed by atoms with E-state index in [2.05, 4.69) is 0 Å². The zero-order chi connectivity index (χ0) is 38.3. The fourth-order valence-electron chi connectivity index (χ4n) is 7.08. The summed E-state index contributed by atoms with van der Waals surface area (Å²) in [6.07, 6.45) is -1.78. The summed E-state index contributed by atoms with van der Waals surface area (Å²) in [5.41, 5.74) is 6.15. The average molecular weight is 746 g/mol. The van der Waals surface area contributed by atoms with Gasteiger partial charge >= 0.3 is 0 Å². The molecule has 0 fully saturated rings. The highest BCUT2D eigenvalue weighted by Crippen LogP contribution is 2.47. The third-order valence-corrected chi connectivity index (χ3v) is 9.70. The van der Waals surface area contributed by atoms with Gasteiger partial charge in [-0.15, -0.1) is 0 Å². The van der Waals surface area contributed by atoms with Crippen LogP contribution in [0.5, 0.6) is 5.75 Å². The standard InChI is InChI=1S/C47H28F5N3O/c48-40-39(41(49)43(51)44(52)42(40)50)47-55-36-24-22-33(53-45(28-13-5-1-6-14-28)29-15-7-2-8-16-29)25-32(36)26-37(55)35-23-21-34(27-38(35)56-47)54-46(30-17-9-3-10-18-30)31-19-11-4-12-20-31/h1-27,47H/t47-/m0/s1. The Bertz CT molecular complexity index is 2710. The quantitative estimate of drug-likeness (QED) is 0.0693. The van der Waals surface area contributed by atoms with Gasteiger partial charge in [-0.2, -0.15) is 0 Å². The summed E-state index contributed by atoms with van der Waals surface area (Å²) >= 11 is 0. The molecule has 0 spiro atoms. The third-order valence-electron chi connectivity index (χ3n) is 9.70. The maximum atomic E-state index is 15.7. The molecule has 2 heterocycles. The first-order chi connectivity index (χ1) is 27.4. The minimum Gasteiger partial charge on any atom is -0.465 e. The predicted molar refractivity (Wildman–Crippen MR) is 209 cm³/mol. The zero-order valence-electron chi connectivity index (χ0n) is 29.3. The van der Waals surface area contributed by atoms with Crippen LogP contribution in [0.25, 0.3) is 22.2 Å². The number of fused-ring (bicyclic) bond motifs is 5. The molecule has 0 unspecified atom stereocenters. The van der Waals surface area contributed by atoms with Crippen molar-refractivity contribution in [3.8, 4) is 17.0 Å². The van der Waals surface area contributed by atoms with Crippen LogP contribution in [-0.4, -0.2) is 16.0 Å². The molecule has 0 saturated carbocycles. The summed E-state index contributed by atoms with van der Waals surface area (Å²) in [5.74, 6) is -10.2. The Balaban J connectivity index is 1.23. The number of benzene rings is 7. The molecular weight excluding hydrogens is 718 g/mol. The zero-order valence-corrected chi connectivity index (χ0v) is 29.3. The fourth-order valence-corrected chi connectivity index (χ4v) is 7.08. The molecule has 7 aromatic carbocycles. The van der Waals surface area contributed by atoms with Crippen molar-refractivity contribution in [2.24, 2.45) is 9.98 Å². The molecule has 272 valence electrons. The van der Waals surface area contributed by atoms with E-state index in [0.29, 0.717) is 39.2 Å². The van der Waals surface area contributed by atoms with E-state index >= 15 is 8.78 Å². The summed E-state index contributed by atoms with van der Waals surface area (Å²) in [7, 11) is 0. The molecule has 1 aliphatic heterocycles. The van der Waals surface area contributed by atoms with Crippen LogP contribution in [0.2, 0.25) is 0 Å². The molecule has 1 aromatic heterocycles. The van der Waals surface area contributed by atoms with Gasteiger partial charge in [-0.3, -0.25) is 0 Å². The SMILES string of the molecule is Fc1c(F)c(F)c([C@@H]2Oc3cc(N=C(c4ccccc4)c4ccccc4)ccc3-c3cc4cc(N=C(c5ccccc5)c5ccccc5)ccc4n32)c(F)c1F. The van der Waals surface area contributed by atoms with Crippen LogP contribution in [0.15, 0.2) is 174 Å². The van der Waals surface area contributed by atoms with E-state index in [9.17, 15) is 13.2 Å². The summed E-state index contributed by atoms with van der Waals surface area (Å²) < 4.78 is 83.0. The number of nitrogens with zero attached hydrogens (tertiary/aromatic N) is 3. The van der Waals surface area contributed by atoms with Gasteiger partial charge in [0.25, 0.3) is 0 Å². The van der Waals surface area contributed by atoms with E-state index in [1.807, 2.05) is 127 Å². The van der Waals surface area contributed by atoms with E-state index < -0.39 is 40.9 Å². The van der Waals surface area contributed by atoms with Gasteiger partial charge in [0.15, 0.2) is 23.3 Å². The summed E-state index contributed by atoms with van der Waals surface area (Å²) in [5, 5.41) is 0.601. The largest absolute Gasteiger partial charge is 0.465 e. The van der Waals surface area contributed by atoms with E-state index in [4.69, 9.17) is 14.7 Å². The van der Waals surface area contributed by atoms with Gasteiger partial charge < -0.3 is 9.30 Å². The first kappa shape index (κ1) is 34.6. The highest BCUT2D eigenvalue weighted by atomic mass is 19.2. The molecule has 0 radical (unpaired) electrons. The molecule has 0 amide bonds. The molecule has 9 heteroatoms. The lowest BCUT2D eigenvalue weighted by Crippen LogP contribution is -2.26. The third kappa shape index (κ3) is 6.13. The summed E-state index contributed by atoms with van der Waals surface area (Å²) in [6.45, 7) is 0. The van der Waals surface area contributed by atoms with Crippen LogP contribution in [-0.2, 0) is 0 Å². The van der Waals surface area contributed by atoms with Crippen molar-refractivity contribution in [3.63, 3.8) is 0 Å². The van der Waals surface area contributed by atoms with Crippen LogP contribution in [0.4, 0.5) is 33.3 Å². The minimum absolute atomic E-state index is 0.143. The van der Waals surface area contributed by atoms with Gasteiger partial charge in [-0.1, -0.05) is 121 Å². The number of aliphatic imine (C=N–C) groups is 2. The Hall–Kier alpha value is -7.13. The molecule has 0 N–H and O–H groups in total. The Morgan fingerprint density at radius 2 is 0.893 bits per heavy atom. The molecule has 0 aliphatic carbocycles. The number of halogens is 5. The van der Waals surface area contributed by atoms with Crippen molar-refractivity contribution in [1.82, 2.24) is 4.57 Å². The van der Waals surface area contributed by atoms with Crippen LogP contribution >= 0.6 is 0 Å². The van der Waals surface area contributed by atoms with E-state index in [1.165, 1.54) is 4.57 Å². The number of aromatic nitrogens is 1. The van der Waals surface area contributed by atoms with E-state index in [-0.39, 0.29) is 5.75 Å². The first-order valence-corrected chi connectivity index (χ1v) is 17.7. The van der Waals surface area contributed by atoms with Crippen molar-refractivity contribution in [1.29, 1.82) is 0 Å². The highest BCUT2D eigenvalue weighted by Gasteiger charge is 2.37. The number of hydrogen-bond donors (Lipinski definition) is 0. The van der Waals surface area contributed by atoms with Crippen molar-refractivity contribution in [2.75, 3.05) is 0 Å². The summed E-state index contributed by atoms with van der Waals surface area (Å²) in [6, 6.07) is 50.7. The Morgan fingerprint density at radius 3 is 1.38 bits per heavy atom. The average Bonchev–Trinajstić information content (AvgIpc) is 3.64. The highest BCUT2D eigenvalue weighted by molar-refractivity contribution is 6.14. The number of rotatable bonds is 7. The van der Waals surface area contributed by atoms with Gasteiger partial charge in [0.05, 0.1) is 39.6 Å². The van der Waals surface area contributed by atoms with Crippen molar-refractivity contribution >= 4 is 33.7 Å². The number of hydrogen-bond acceptors (Lipinski definition) is 3. The Labute approximate surface area is 318 Å². The first-order valence-electron chi connectivity index (χ1n) is 17.7. The lowest BCUT2D eigenvalue weighted by atomic mass is 10.0. The molecule has 56 heavy (non-hydrogen) atoms. The van der Waals surface area contributed by atoms with Gasteiger partial charge in [0, 0.05) is 39.3 Å². The second-order valence-corrected chi connectivity index (χ2v) is 13.2. The summed E-state index contributed by atoms with van der Waals surface area (Å²) in [4.78, 5) is 9.99. The van der Waals surface area contributed by atoms with Gasteiger partial charge in [-0.25, -0.2) is 31.9 Å². The van der Waals surface area contributed by atoms with Crippen molar-refractivity contribution in [3.05, 3.63) is 221 Å². The maximum absolute atomic E-state index is 15.7. The second-order valence-electron chi connectivity index (χ2n) is 13.2. The predicted octanol–water partition coefficient (Wildman–Crippen LogP) is 12.3. The van der Waals surface area contributed by atoms with Crippen LogP contribution < -0.4 is 4.74 Å². The topological polar surface area (TPSA) is 38.9 Å². The smallest absolute Gasteiger partial charge is 0.209 e. The van der Waals surface area contributed by atoms with Crippen LogP contribution in [0.3, 0.4) is 0 Å². The van der Waals surface area contributed by atoms with Crippen molar-refractivity contribution < 1.29 is 26.7 Å². The number of ether oxygens (including phenoxy) is 1. The second kappa shape index (κ2) is 14.3. The van der Waals surface area contributed by atoms with Crippen LogP contribution in [0, 0.1) is 29.1 Å². The van der Waals surface area contributed by atoms with Crippen molar-refractivity contribution in [2.45, 2.75) is 6.23 Å². The van der Waals surface area contributed by atoms with E-state index in [1.54, 1.807) is 36.4 Å². The molecular formula is C47H28F5N3O. The molecule has 8 aromatic rings. The molecule has 0 saturated heterocycles. The molecule has 1 atom stereocenters. The lowest BCUT2D eigenvalue weighted by Gasteiger charge is -2.31. The molecule has 0 bridgehead atoms. The minimum atomic E-state index is -2.25. The Morgan fingerprint density at radius 1 is 0.464 bits per heavy atom. The fraction of sp³-hybridized carbons (Fsp3) is 0.0213. The molecule has 4 nitrogen and oxygen atoms in total. The molecule has 9 rings (SSSR count). The normalized spacial score (nSPS) is 13.1. The molecule has 1 aliphatic rings. The van der Waals surface area contributed by atoms with Gasteiger partial charge in [0.2, 0.25) is 12.0 Å². The maximum Gasteiger partial charge on any atom is 0.209 e. The monoisotopic (exact) mass is 745 g/mol. The van der Waals surface area contributed by atoms with Gasteiger partial charge in [0.1, 0.15) is 5.75 Å². The van der Waals surface area contributed by atoms with E-state index in [0.717, 1.165) is 28.0 Å². The van der Waals surface area contributed by atoms with Crippen LogP contribution in [0.1, 0.15) is 34.0 Å². The van der Waals surface area contributed by atoms with Gasteiger partial charge in [-0.05, 0) is 36.4 Å². The lowest BCUT2D eigenvalue weighted by molar-refractivity contribution is 0.159.